The molecule has 3 heterocycles. The second kappa shape index (κ2) is 11.0. The number of hydrogen-bond donors (Lipinski definition) is 3. The first-order valence-corrected chi connectivity index (χ1v) is 12.0. The van der Waals surface area contributed by atoms with Crippen LogP contribution in [0.15, 0.2) is 48.9 Å². The van der Waals surface area contributed by atoms with Crippen molar-refractivity contribution in [2.75, 3.05) is 24.3 Å². The summed E-state index contributed by atoms with van der Waals surface area (Å²) in [6.07, 6.45) is -0.132. The van der Waals surface area contributed by atoms with Gasteiger partial charge in [0.15, 0.2) is 5.78 Å². The molecule has 0 unspecified atom stereocenters. The highest BCUT2D eigenvalue weighted by atomic mass is 35.5. The van der Waals surface area contributed by atoms with Gasteiger partial charge in [0.05, 0.1) is 58.1 Å². The summed E-state index contributed by atoms with van der Waals surface area (Å²) in [5.74, 6) is -0.680. The summed E-state index contributed by atoms with van der Waals surface area (Å²) in [6, 6.07) is 6.89. The summed E-state index contributed by atoms with van der Waals surface area (Å²) in [5, 5.41) is 5.62. The first kappa shape index (κ1) is 27.3. The number of benzene rings is 1. The van der Waals surface area contributed by atoms with Crippen LogP contribution in [-0.2, 0) is 22.3 Å². The molecule has 0 bridgehead atoms. The van der Waals surface area contributed by atoms with E-state index >= 15 is 0 Å². The van der Waals surface area contributed by atoms with E-state index in [1.807, 2.05) is 0 Å². The molecular weight excluding hydrogens is 523 g/mol. The molecule has 38 heavy (non-hydrogen) atoms. The van der Waals surface area contributed by atoms with Crippen LogP contribution in [-0.4, -0.2) is 34.9 Å². The molecule has 8 nitrogen and oxygen atoms in total. The number of aromatic nitrogens is 2. The smallest absolute Gasteiger partial charge is 0.397 e. The lowest BCUT2D eigenvalue weighted by molar-refractivity contribution is -0.137. The number of nitrogens with two attached hydrogens (primary N) is 1. The van der Waals surface area contributed by atoms with Crippen molar-refractivity contribution in [3.05, 3.63) is 76.3 Å². The van der Waals surface area contributed by atoms with Gasteiger partial charge in [0.25, 0.3) is 0 Å². The van der Waals surface area contributed by atoms with E-state index in [2.05, 4.69) is 20.6 Å². The number of alkyl halides is 3. The predicted molar refractivity (Wildman–Crippen MR) is 136 cm³/mol. The summed E-state index contributed by atoms with van der Waals surface area (Å²) in [4.78, 5) is 34.2. The Morgan fingerprint density at radius 2 is 1.97 bits per heavy atom. The number of amides is 1. The average molecular weight is 548 g/mol. The van der Waals surface area contributed by atoms with Gasteiger partial charge < -0.3 is 21.1 Å². The van der Waals surface area contributed by atoms with Crippen molar-refractivity contribution in [3.63, 3.8) is 0 Å². The summed E-state index contributed by atoms with van der Waals surface area (Å²) in [7, 11) is 0. The number of rotatable bonds is 8. The lowest BCUT2D eigenvalue weighted by atomic mass is 9.80. The zero-order chi connectivity index (χ0) is 27.5. The average Bonchev–Trinajstić information content (AvgIpc) is 3.33. The number of nitrogens with zero attached hydrogens (tertiary/aromatic N) is 2. The Kier molecular flexibility index (Phi) is 7.89. The maximum absolute atomic E-state index is 13.4. The number of hydrogen-bond acceptors (Lipinski definition) is 7. The molecule has 2 aromatic heterocycles. The van der Waals surface area contributed by atoms with Crippen LogP contribution in [0.25, 0.3) is 0 Å². The minimum absolute atomic E-state index is 0.0495. The first-order valence-electron chi connectivity index (χ1n) is 11.7. The van der Waals surface area contributed by atoms with Crippen molar-refractivity contribution in [1.29, 1.82) is 0 Å². The zero-order valence-electron chi connectivity index (χ0n) is 20.4. The molecule has 1 amide bonds. The van der Waals surface area contributed by atoms with E-state index in [0.717, 1.165) is 6.07 Å². The molecule has 200 valence electrons. The minimum Gasteiger partial charge on any atom is -0.397 e. The van der Waals surface area contributed by atoms with Gasteiger partial charge in [-0.25, -0.2) is 0 Å². The number of aryl methyl sites for hydroxylation is 1. The number of carbonyl (C=O) groups is 2. The second-order valence-electron chi connectivity index (χ2n) is 9.20. The first-order chi connectivity index (χ1) is 18.0. The van der Waals surface area contributed by atoms with Gasteiger partial charge in [0.2, 0.25) is 5.91 Å². The molecule has 12 heteroatoms. The van der Waals surface area contributed by atoms with Crippen molar-refractivity contribution < 1.29 is 27.5 Å². The van der Waals surface area contributed by atoms with Crippen LogP contribution in [0.4, 0.5) is 30.2 Å². The van der Waals surface area contributed by atoms with Crippen LogP contribution in [0, 0.1) is 12.3 Å². The molecule has 1 aromatic carbocycles. The monoisotopic (exact) mass is 547 g/mol. The number of nitrogens with one attached hydrogen (secondary N) is 2. The molecule has 0 spiro atoms. The molecule has 1 aliphatic rings. The third-order valence-corrected chi connectivity index (χ3v) is 6.59. The van der Waals surface area contributed by atoms with Crippen molar-refractivity contribution in [2.45, 2.75) is 32.5 Å². The quantitative estimate of drug-likeness (QED) is 0.336. The molecule has 1 saturated heterocycles. The van der Waals surface area contributed by atoms with Gasteiger partial charge in [0.1, 0.15) is 0 Å². The standard InChI is InChI=1S/C26H25ClF3N5O3/c1-15-2-3-21(19(6-15)26(28,29)30)35-18-8-20(27)22(33-12-18)13-34-24(37)25(4-5-38-14-25)9-23(36)16-7-17(31)11-32-10-16/h2-3,6-8,10-12,35H,4-5,9,13-14,31H2,1H3,(H,34,37)/t25-/m0/s1. The Balaban J connectivity index is 1.44. The van der Waals surface area contributed by atoms with Crippen LogP contribution in [0.3, 0.4) is 0 Å². The molecule has 3 aromatic rings. The number of ether oxygens (including phenoxy) is 1. The zero-order valence-corrected chi connectivity index (χ0v) is 21.1. The highest BCUT2D eigenvalue weighted by Crippen LogP contribution is 2.37. The number of ketones is 1. The third-order valence-electron chi connectivity index (χ3n) is 6.26. The van der Waals surface area contributed by atoms with Gasteiger partial charge in [-0.15, -0.1) is 0 Å². The van der Waals surface area contributed by atoms with Gasteiger partial charge in [-0.1, -0.05) is 23.2 Å². The van der Waals surface area contributed by atoms with E-state index in [4.69, 9.17) is 22.1 Å². The van der Waals surface area contributed by atoms with E-state index in [-0.39, 0.29) is 41.8 Å². The Labute approximate surface area is 221 Å². The molecule has 0 saturated carbocycles. The van der Waals surface area contributed by atoms with Crippen LogP contribution >= 0.6 is 11.6 Å². The van der Waals surface area contributed by atoms with Gasteiger partial charge in [-0.3, -0.25) is 19.6 Å². The Morgan fingerprint density at radius 3 is 2.63 bits per heavy atom. The van der Waals surface area contributed by atoms with Crippen LogP contribution in [0.5, 0.6) is 0 Å². The normalized spacial score (nSPS) is 17.3. The molecule has 1 atom stereocenters. The van der Waals surface area contributed by atoms with Crippen LogP contribution in [0.2, 0.25) is 5.02 Å². The second-order valence-corrected chi connectivity index (χ2v) is 9.60. The third kappa shape index (κ3) is 6.22. The summed E-state index contributed by atoms with van der Waals surface area (Å²) in [5.41, 5.74) is 5.38. The van der Waals surface area contributed by atoms with E-state index in [9.17, 15) is 22.8 Å². The van der Waals surface area contributed by atoms with Gasteiger partial charge >= 0.3 is 6.18 Å². The molecular formula is C26H25ClF3N5O3. The molecule has 1 fully saturated rings. The minimum atomic E-state index is -4.54. The van der Waals surface area contributed by atoms with Crippen LogP contribution < -0.4 is 16.4 Å². The fraction of sp³-hybridized carbons (Fsp3) is 0.308. The molecule has 0 aliphatic carbocycles. The molecule has 0 radical (unpaired) electrons. The summed E-state index contributed by atoms with van der Waals surface area (Å²) in [6.45, 7) is 1.93. The van der Waals surface area contributed by atoms with Gasteiger partial charge in [-0.05, 0) is 37.6 Å². The number of nitrogen functional groups attached to an aromatic ring is 1. The maximum Gasteiger partial charge on any atom is 0.418 e. The highest BCUT2D eigenvalue weighted by molar-refractivity contribution is 6.31. The number of Topliss-reactive ketones (excluding diaryl/α,β-unsaturated/α-hetero) is 1. The van der Waals surface area contributed by atoms with Crippen molar-refractivity contribution >= 4 is 40.4 Å². The predicted octanol–water partition coefficient (Wildman–Crippen LogP) is 5.08. The SMILES string of the molecule is Cc1ccc(Nc2cnc(CNC(=O)[C@]3(CC(=O)c4cncc(N)c4)CCOC3)c(Cl)c2)c(C(F)(F)F)c1. The summed E-state index contributed by atoms with van der Waals surface area (Å²) >= 11 is 6.33. The topological polar surface area (TPSA) is 119 Å². The highest BCUT2D eigenvalue weighted by Gasteiger charge is 2.44. The fourth-order valence-electron chi connectivity index (χ4n) is 4.20. The number of anilines is 3. The summed E-state index contributed by atoms with van der Waals surface area (Å²) < 4.78 is 45.8. The van der Waals surface area contributed by atoms with Crippen LogP contribution in [0.1, 0.15) is 40.0 Å². The van der Waals surface area contributed by atoms with Gasteiger partial charge in [-0.2, -0.15) is 13.2 Å². The molecule has 4 N–H and O–H groups in total. The number of pyridine rings is 2. The van der Waals surface area contributed by atoms with Crippen molar-refractivity contribution in [3.8, 4) is 0 Å². The maximum atomic E-state index is 13.4. The molecule has 1 aliphatic heterocycles. The van der Waals surface area contributed by atoms with E-state index in [1.54, 1.807) is 13.0 Å². The van der Waals surface area contributed by atoms with Crippen molar-refractivity contribution in [2.24, 2.45) is 5.41 Å². The van der Waals surface area contributed by atoms with E-state index in [0.29, 0.717) is 35.5 Å². The largest absolute Gasteiger partial charge is 0.418 e. The molecule has 4 rings (SSSR count). The lowest BCUT2D eigenvalue weighted by Gasteiger charge is -2.25. The van der Waals surface area contributed by atoms with E-state index in [1.165, 1.54) is 36.8 Å². The Hall–Kier alpha value is -3.70. The number of carbonyl (C=O) groups excluding carboxylic acids is 2. The fourth-order valence-corrected chi connectivity index (χ4v) is 4.43. The van der Waals surface area contributed by atoms with Crippen molar-refractivity contribution in [1.82, 2.24) is 15.3 Å². The lowest BCUT2D eigenvalue weighted by Crippen LogP contribution is -2.43. The van der Waals surface area contributed by atoms with Gasteiger partial charge in [0, 0.05) is 31.0 Å². The Bertz CT molecular complexity index is 1360. The van der Waals surface area contributed by atoms with E-state index < -0.39 is 23.1 Å². The Morgan fingerprint density at radius 1 is 1.18 bits per heavy atom. The number of halogens is 4.